The number of carbonyl (C=O) groups excluding carboxylic acids is 1. The predicted octanol–water partition coefficient (Wildman–Crippen LogP) is 5.76. The monoisotopic (exact) mass is 318 g/mol. The highest BCUT2D eigenvalue weighted by atomic mass is 16.3. The van der Waals surface area contributed by atoms with Crippen molar-refractivity contribution in [3.05, 3.63) is 28.8 Å². The molecule has 2 N–H and O–H groups in total. The van der Waals surface area contributed by atoms with E-state index >= 15 is 0 Å². The van der Waals surface area contributed by atoms with E-state index in [9.17, 15) is 15.0 Å². The van der Waals surface area contributed by atoms with Crippen LogP contribution in [0.1, 0.15) is 86.2 Å². The molecule has 1 aromatic rings. The highest BCUT2D eigenvalue weighted by molar-refractivity contribution is 5.85. The van der Waals surface area contributed by atoms with E-state index in [2.05, 4.69) is 6.92 Å². The average molecular weight is 318 g/mol. The average Bonchev–Trinajstić information content (AvgIpc) is 2.52. The third-order valence-electron chi connectivity index (χ3n) is 4.19. The van der Waals surface area contributed by atoms with Crippen LogP contribution in [-0.4, -0.2) is 16.5 Å². The van der Waals surface area contributed by atoms with E-state index in [-0.39, 0.29) is 17.1 Å². The van der Waals surface area contributed by atoms with Crippen LogP contribution < -0.4 is 0 Å². The molecule has 1 aromatic carbocycles. The van der Waals surface area contributed by atoms with Gasteiger partial charge < -0.3 is 10.2 Å². The Morgan fingerprint density at radius 3 is 2.17 bits per heavy atom. The summed E-state index contributed by atoms with van der Waals surface area (Å²) in [5.41, 5.74) is 1.15. The van der Waals surface area contributed by atoms with E-state index in [1.807, 2.05) is 6.08 Å². The number of phenols is 2. The zero-order valence-corrected chi connectivity index (χ0v) is 14.5. The van der Waals surface area contributed by atoms with E-state index in [1.165, 1.54) is 51.0 Å². The van der Waals surface area contributed by atoms with Crippen LogP contribution in [0.3, 0.4) is 0 Å². The molecule has 0 heterocycles. The van der Waals surface area contributed by atoms with Gasteiger partial charge in [0, 0.05) is 0 Å². The van der Waals surface area contributed by atoms with Crippen LogP contribution in [0.15, 0.2) is 12.1 Å². The number of unbranched alkanes of at least 4 members (excludes halogenated alkanes) is 8. The second-order valence-corrected chi connectivity index (χ2v) is 6.17. The summed E-state index contributed by atoms with van der Waals surface area (Å²) in [6.07, 6.45) is 15.4. The standard InChI is InChI=1S/C20H30O3/c1-3-4-5-6-7-8-9-10-11-12-13-17-19(22)14-16(2)18(15-21)20(17)23/h12-15,22-23H,3-11H2,1-2H3. The van der Waals surface area contributed by atoms with Gasteiger partial charge in [0.25, 0.3) is 0 Å². The third-order valence-corrected chi connectivity index (χ3v) is 4.19. The van der Waals surface area contributed by atoms with Gasteiger partial charge in [-0.15, -0.1) is 0 Å². The molecule has 3 heteroatoms. The number of benzene rings is 1. The summed E-state index contributed by atoms with van der Waals surface area (Å²) in [4.78, 5) is 11.0. The summed E-state index contributed by atoms with van der Waals surface area (Å²) in [6, 6.07) is 1.51. The Bertz CT molecular complexity index is 518. The molecule has 0 fully saturated rings. The van der Waals surface area contributed by atoms with Gasteiger partial charge >= 0.3 is 0 Å². The number of allylic oxidation sites excluding steroid dienone is 1. The molecule has 3 nitrogen and oxygen atoms in total. The summed E-state index contributed by atoms with van der Waals surface area (Å²) in [5.74, 6) is -0.123. The van der Waals surface area contributed by atoms with Gasteiger partial charge in [0.05, 0.1) is 11.1 Å². The van der Waals surface area contributed by atoms with Crippen LogP contribution in [0.2, 0.25) is 0 Å². The third kappa shape index (κ3) is 6.47. The molecule has 0 aliphatic carbocycles. The van der Waals surface area contributed by atoms with E-state index in [0.717, 1.165) is 12.8 Å². The number of aryl methyl sites for hydroxylation is 1. The van der Waals surface area contributed by atoms with Crippen molar-refractivity contribution in [2.24, 2.45) is 0 Å². The molecule has 0 aliphatic rings. The first-order valence-corrected chi connectivity index (χ1v) is 8.79. The Hall–Kier alpha value is -1.77. The van der Waals surface area contributed by atoms with Crippen LogP contribution in [0.4, 0.5) is 0 Å². The lowest BCUT2D eigenvalue weighted by Gasteiger charge is -2.08. The first kappa shape index (κ1) is 19.3. The maximum atomic E-state index is 11.0. The van der Waals surface area contributed by atoms with Crippen molar-refractivity contribution in [3.8, 4) is 11.5 Å². The largest absolute Gasteiger partial charge is 0.507 e. The fraction of sp³-hybridized carbons (Fsp3) is 0.550. The second-order valence-electron chi connectivity index (χ2n) is 6.17. The molecule has 0 saturated carbocycles. The molecule has 23 heavy (non-hydrogen) atoms. The van der Waals surface area contributed by atoms with Crippen LogP contribution in [0, 0.1) is 6.92 Å². The van der Waals surface area contributed by atoms with E-state index in [0.29, 0.717) is 17.4 Å². The quantitative estimate of drug-likeness (QED) is 0.402. The summed E-state index contributed by atoms with van der Waals surface area (Å²) in [6.45, 7) is 3.92. The molecule has 0 aliphatic heterocycles. The molecular weight excluding hydrogens is 288 g/mol. The van der Waals surface area contributed by atoms with Crippen molar-refractivity contribution in [2.45, 2.75) is 71.6 Å². The van der Waals surface area contributed by atoms with Gasteiger partial charge in [-0.2, -0.15) is 0 Å². The Labute approximate surface area is 140 Å². The molecular formula is C20H30O3. The highest BCUT2D eigenvalue weighted by Crippen LogP contribution is 2.33. The van der Waals surface area contributed by atoms with Gasteiger partial charge in [-0.1, -0.05) is 64.0 Å². The minimum absolute atomic E-state index is 0.0118. The van der Waals surface area contributed by atoms with Crippen molar-refractivity contribution in [1.82, 2.24) is 0 Å². The van der Waals surface area contributed by atoms with Crippen LogP contribution in [-0.2, 0) is 0 Å². The van der Waals surface area contributed by atoms with Gasteiger partial charge in [0.2, 0.25) is 0 Å². The molecule has 0 spiro atoms. The summed E-state index contributed by atoms with van der Waals surface area (Å²) in [7, 11) is 0. The van der Waals surface area contributed by atoms with Gasteiger partial charge in [-0.05, 0) is 31.4 Å². The first-order chi connectivity index (χ1) is 11.1. The Balaban J connectivity index is 2.37. The Morgan fingerprint density at radius 2 is 1.57 bits per heavy atom. The number of carbonyl (C=O) groups is 1. The normalized spacial score (nSPS) is 11.2. The molecule has 0 saturated heterocycles. The fourth-order valence-corrected chi connectivity index (χ4v) is 2.72. The van der Waals surface area contributed by atoms with Crippen LogP contribution in [0.25, 0.3) is 6.08 Å². The maximum Gasteiger partial charge on any atom is 0.154 e. The second kappa shape index (κ2) is 10.9. The maximum absolute atomic E-state index is 11.0. The summed E-state index contributed by atoms with van der Waals surface area (Å²) in [5, 5.41) is 20.0. The van der Waals surface area contributed by atoms with E-state index < -0.39 is 0 Å². The van der Waals surface area contributed by atoms with Gasteiger partial charge in [0.15, 0.2) is 6.29 Å². The molecule has 0 atom stereocenters. The SMILES string of the molecule is CCCCCCCCCCC=Cc1c(O)cc(C)c(C=O)c1O. The zero-order chi connectivity index (χ0) is 17.1. The molecule has 1 rings (SSSR count). The van der Waals surface area contributed by atoms with Crippen molar-refractivity contribution < 1.29 is 15.0 Å². The van der Waals surface area contributed by atoms with E-state index in [4.69, 9.17) is 0 Å². The van der Waals surface area contributed by atoms with Crippen molar-refractivity contribution in [3.63, 3.8) is 0 Å². The number of aromatic hydroxyl groups is 2. The van der Waals surface area contributed by atoms with Crippen molar-refractivity contribution in [1.29, 1.82) is 0 Å². The summed E-state index contributed by atoms with van der Waals surface area (Å²) < 4.78 is 0. The lowest BCUT2D eigenvalue weighted by Crippen LogP contribution is -1.90. The number of aldehydes is 1. The molecule has 0 radical (unpaired) electrons. The van der Waals surface area contributed by atoms with E-state index in [1.54, 1.807) is 13.0 Å². The van der Waals surface area contributed by atoms with Crippen molar-refractivity contribution >= 4 is 12.4 Å². The molecule has 0 bridgehead atoms. The van der Waals surface area contributed by atoms with Gasteiger partial charge in [-0.3, -0.25) is 4.79 Å². The van der Waals surface area contributed by atoms with Crippen LogP contribution >= 0.6 is 0 Å². The number of phenolic OH excluding ortho intramolecular Hbond substituents is 2. The summed E-state index contributed by atoms with van der Waals surface area (Å²) >= 11 is 0. The van der Waals surface area contributed by atoms with Gasteiger partial charge in [0.1, 0.15) is 11.5 Å². The number of hydrogen-bond donors (Lipinski definition) is 2. The molecule has 0 amide bonds. The zero-order valence-electron chi connectivity index (χ0n) is 14.5. The minimum atomic E-state index is -0.135. The Morgan fingerprint density at radius 1 is 0.957 bits per heavy atom. The fourth-order valence-electron chi connectivity index (χ4n) is 2.72. The molecule has 128 valence electrons. The Kier molecular flexibility index (Phi) is 9.11. The molecule has 0 aromatic heterocycles. The van der Waals surface area contributed by atoms with Crippen molar-refractivity contribution in [2.75, 3.05) is 0 Å². The lowest BCUT2D eigenvalue weighted by atomic mass is 10.0. The first-order valence-electron chi connectivity index (χ1n) is 8.79. The topological polar surface area (TPSA) is 57.5 Å². The highest BCUT2D eigenvalue weighted by Gasteiger charge is 2.12. The smallest absolute Gasteiger partial charge is 0.154 e. The number of rotatable bonds is 11. The number of hydrogen-bond acceptors (Lipinski definition) is 3. The lowest BCUT2D eigenvalue weighted by molar-refractivity contribution is 0.112. The minimum Gasteiger partial charge on any atom is -0.507 e. The molecule has 0 unspecified atom stereocenters. The predicted molar refractivity (Wildman–Crippen MR) is 96.2 cm³/mol. The van der Waals surface area contributed by atoms with Crippen LogP contribution in [0.5, 0.6) is 11.5 Å². The van der Waals surface area contributed by atoms with Gasteiger partial charge in [-0.25, -0.2) is 0 Å².